The zero-order chi connectivity index (χ0) is 14.7. The van der Waals surface area contributed by atoms with Crippen LogP contribution in [0, 0.1) is 5.92 Å². The van der Waals surface area contributed by atoms with Crippen molar-refractivity contribution in [1.82, 2.24) is 15.1 Å². The summed E-state index contributed by atoms with van der Waals surface area (Å²) < 4.78 is 0. The van der Waals surface area contributed by atoms with Crippen LogP contribution in [0.25, 0.3) is 0 Å². The molecule has 1 saturated carbocycles. The maximum atomic E-state index is 12.0. The molecule has 1 aliphatic carbocycles. The summed E-state index contributed by atoms with van der Waals surface area (Å²) in [5, 5.41) is 2.92. The Kier molecular flexibility index (Phi) is 4.59. The van der Waals surface area contributed by atoms with Gasteiger partial charge in [0.05, 0.1) is 0 Å². The van der Waals surface area contributed by atoms with Gasteiger partial charge in [-0.15, -0.1) is 0 Å². The van der Waals surface area contributed by atoms with Gasteiger partial charge in [-0.05, 0) is 25.3 Å². The third-order valence-electron chi connectivity index (χ3n) is 4.09. The molecule has 0 spiro atoms. The number of imide groups is 1. The number of hydrogen-bond donors (Lipinski definition) is 2. The van der Waals surface area contributed by atoms with Gasteiger partial charge in [-0.1, -0.05) is 12.8 Å². The fraction of sp³-hybridized carbons (Fsp3) is 0.769. The van der Waals surface area contributed by atoms with E-state index in [0.29, 0.717) is 12.5 Å². The van der Waals surface area contributed by atoms with Crippen molar-refractivity contribution in [3.63, 3.8) is 0 Å². The lowest BCUT2D eigenvalue weighted by Gasteiger charge is -2.31. The van der Waals surface area contributed by atoms with Crippen LogP contribution >= 0.6 is 0 Å². The average Bonchev–Trinajstić information content (AvgIpc) is 2.66. The number of amides is 4. The minimum Gasteiger partial charge on any atom is -0.351 e. The first-order valence-corrected chi connectivity index (χ1v) is 7.07. The molecule has 4 amide bonds. The van der Waals surface area contributed by atoms with E-state index in [0.717, 1.165) is 30.6 Å². The molecule has 2 rings (SSSR count). The first-order chi connectivity index (χ1) is 9.52. The van der Waals surface area contributed by atoms with Crippen LogP contribution in [0.3, 0.4) is 0 Å². The van der Waals surface area contributed by atoms with Gasteiger partial charge in [0.15, 0.2) is 0 Å². The van der Waals surface area contributed by atoms with Crippen LogP contribution in [0.4, 0.5) is 4.79 Å². The van der Waals surface area contributed by atoms with Gasteiger partial charge in [-0.3, -0.25) is 14.5 Å². The maximum absolute atomic E-state index is 12.0. The van der Waals surface area contributed by atoms with Gasteiger partial charge in [-0.2, -0.15) is 0 Å². The van der Waals surface area contributed by atoms with Crippen molar-refractivity contribution in [2.75, 3.05) is 26.7 Å². The lowest BCUT2D eigenvalue weighted by molar-refractivity contribution is -0.131. The van der Waals surface area contributed by atoms with Crippen molar-refractivity contribution in [2.24, 2.45) is 11.7 Å². The highest BCUT2D eigenvalue weighted by atomic mass is 16.2. The molecule has 1 heterocycles. The number of hydrogen-bond acceptors (Lipinski definition) is 4. The SMILES string of the molecule is CN1CC(=O)N(CC(=O)NC2CCCCC2CN)C1=O. The van der Waals surface area contributed by atoms with E-state index in [2.05, 4.69) is 5.32 Å². The molecule has 0 aromatic rings. The van der Waals surface area contributed by atoms with Crippen LogP contribution in [0.5, 0.6) is 0 Å². The first kappa shape index (κ1) is 14.8. The van der Waals surface area contributed by atoms with Crippen LogP contribution < -0.4 is 11.1 Å². The predicted octanol–water partition coefficient (Wildman–Crippen LogP) is -0.486. The number of nitrogens with zero attached hydrogens (tertiary/aromatic N) is 2. The van der Waals surface area contributed by atoms with Gasteiger partial charge in [0.25, 0.3) is 5.91 Å². The van der Waals surface area contributed by atoms with Crippen LogP contribution in [-0.4, -0.2) is 60.4 Å². The summed E-state index contributed by atoms with van der Waals surface area (Å²) in [6, 6.07) is -0.351. The largest absolute Gasteiger partial charge is 0.351 e. The molecule has 2 unspecified atom stereocenters. The number of carbonyl (C=O) groups is 3. The second kappa shape index (κ2) is 6.21. The molecule has 0 radical (unpaired) electrons. The molecular formula is C13H22N4O3. The molecule has 0 bridgehead atoms. The number of urea groups is 1. The molecule has 7 nitrogen and oxygen atoms in total. The molecule has 2 atom stereocenters. The third-order valence-corrected chi connectivity index (χ3v) is 4.09. The molecular weight excluding hydrogens is 260 g/mol. The molecule has 2 fully saturated rings. The quantitative estimate of drug-likeness (QED) is 0.680. The van der Waals surface area contributed by atoms with E-state index in [1.807, 2.05) is 0 Å². The van der Waals surface area contributed by atoms with E-state index in [9.17, 15) is 14.4 Å². The fourth-order valence-electron chi connectivity index (χ4n) is 2.90. The average molecular weight is 282 g/mol. The number of rotatable bonds is 4. The Morgan fingerprint density at radius 3 is 2.65 bits per heavy atom. The first-order valence-electron chi connectivity index (χ1n) is 7.07. The minimum atomic E-state index is -0.413. The van der Waals surface area contributed by atoms with Crippen LogP contribution in [0.1, 0.15) is 25.7 Å². The van der Waals surface area contributed by atoms with Crippen molar-refractivity contribution in [3.8, 4) is 0 Å². The molecule has 1 saturated heterocycles. The Morgan fingerprint density at radius 1 is 1.35 bits per heavy atom. The maximum Gasteiger partial charge on any atom is 0.327 e. The Morgan fingerprint density at radius 2 is 2.05 bits per heavy atom. The van der Waals surface area contributed by atoms with Crippen molar-refractivity contribution >= 4 is 17.8 Å². The zero-order valence-electron chi connectivity index (χ0n) is 11.8. The predicted molar refractivity (Wildman–Crippen MR) is 72.7 cm³/mol. The van der Waals surface area contributed by atoms with Crippen molar-refractivity contribution in [3.05, 3.63) is 0 Å². The van der Waals surface area contributed by atoms with E-state index in [1.165, 1.54) is 4.90 Å². The van der Waals surface area contributed by atoms with Gasteiger partial charge in [0, 0.05) is 13.1 Å². The molecule has 0 aromatic heterocycles. The lowest BCUT2D eigenvalue weighted by Crippen LogP contribution is -2.49. The highest BCUT2D eigenvalue weighted by Gasteiger charge is 2.35. The van der Waals surface area contributed by atoms with E-state index in [1.54, 1.807) is 7.05 Å². The zero-order valence-corrected chi connectivity index (χ0v) is 11.8. The lowest BCUT2D eigenvalue weighted by atomic mass is 9.84. The van der Waals surface area contributed by atoms with Crippen molar-refractivity contribution in [1.29, 1.82) is 0 Å². The smallest absolute Gasteiger partial charge is 0.327 e. The van der Waals surface area contributed by atoms with Gasteiger partial charge in [-0.25, -0.2) is 4.79 Å². The number of carbonyl (C=O) groups excluding carboxylic acids is 3. The van der Waals surface area contributed by atoms with E-state index in [-0.39, 0.29) is 30.9 Å². The van der Waals surface area contributed by atoms with Gasteiger partial charge < -0.3 is 16.0 Å². The van der Waals surface area contributed by atoms with Crippen LogP contribution in [0.15, 0.2) is 0 Å². The summed E-state index contributed by atoms with van der Waals surface area (Å²) in [6.45, 7) is 0.395. The van der Waals surface area contributed by atoms with E-state index < -0.39 is 6.03 Å². The Labute approximate surface area is 118 Å². The van der Waals surface area contributed by atoms with Crippen LogP contribution in [0.2, 0.25) is 0 Å². The minimum absolute atomic E-state index is 0.0426. The molecule has 2 aliphatic rings. The fourth-order valence-corrected chi connectivity index (χ4v) is 2.90. The van der Waals surface area contributed by atoms with Gasteiger partial charge in [0.1, 0.15) is 13.1 Å². The van der Waals surface area contributed by atoms with Crippen LogP contribution in [-0.2, 0) is 9.59 Å². The summed E-state index contributed by atoms with van der Waals surface area (Å²) in [7, 11) is 1.55. The monoisotopic (exact) mass is 282 g/mol. The van der Waals surface area contributed by atoms with E-state index in [4.69, 9.17) is 5.73 Å². The number of likely N-dealkylation sites (N-methyl/N-ethyl adjacent to an activating group) is 1. The molecule has 1 aliphatic heterocycles. The van der Waals surface area contributed by atoms with Crippen molar-refractivity contribution < 1.29 is 14.4 Å². The molecule has 112 valence electrons. The highest BCUT2D eigenvalue weighted by molar-refractivity contribution is 6.04. The molecule has 0 aromatic carbocycles. The normalized spacial score (nSPS) is 27.1. The number of nitrogens with one attached hydrogen (secondary N) is 1. The molecule has 20 heavy (non-hydrogen) atoms. The second-order valence-electron chi connectivity index (χ2n) is 5.57. The number of nitrogens with two attached hydrogens (primary N) is 1. The van der Waals surface area contributed by atoms with Gasteiger partial charge in [0.2, 0.25) is 5.91 Å². The Balaban J connectivity index is 1.89. The van der Waals surface area contributed by atoms with Gasteiger partial charge >= 0.3 is 6.03 Å². The summed E-state index contributed by atoms with van der Waals surface area (Å²) >= 11 is 0. The summed E-state index contributed by atoms with van der Waals surface area (Å²) in [5.41, 5.74) is 5.72. The Bertz CT molecular complexity index is 412. The summed E-state index contributed by atoms with van der Waals surface area (Å²) in [6.07, 6.45) is 4.15. The third kappa shape index (κ3) is 3.09. The van der Waals surface area contributed by atoms with Crippen molar-refractivity contribution in [2.45, 2.75) is 31.7 Å². The van der Waals surface area contributed by atoms with E-state index >= 15 is 0 Å². The summed E-state index contributed by atoms with van der Waals surface area (Å²) in [4.78, 5) is 37.6. The standard InChI is InChI=1S/C13H22N4O3/c1-16-8-12(19)17(13(16)20)7-11(18)15-10-5-3-2-4-9(10)6-14/h9-10H,2-8,14H2,1H3,(H,15,18). The second-order valence-corrected chi connectivity index (χ2v) is 5.57. The molecule has 7 heteroatoms. The molecule has 3 N–H and O–H groups in total. The Hall–Kier alpha value is -1.63. The summed E-state index contributed by atoms with van der Waals surface area (Å²) in [5.74, 6) is -0.320. The highest BCUT2D eigenvalue weighted by Crippen LogP contribution is 2.23. The topological polar surface area (TPSA) is 95.7 Å².